The lowest BCUT2D eigenvalue weighted by molar-refractivity contribution is 0.102. The maximum absolute atomic E-state index is 12.0. The van der Waals surface area contributed by atoms with Gasteiger partial charge in [0.2, 0.25) is 0 Å². The quantitative estimate of drug-likeness (QED) is 0.793. The summed E-state index contributed by atoms with van der Waals surface area (Å²) in [6.07, 6.45) is 0. The minimum atomic E-state index is -0.149. The summed E-state index contributed by atoms with van der Waals surface area (Å²) in [6, 6.07) is 12.0. The molecule has 3 nitrogen and oxygen atoms in total. The lowest BCUT2D eigenvalue weighted by Crippen LogP contribution is -2.12. The molecule has 2 aromatic rings. The van der Waals surface area contributed by atoms with E-state index in [2.05, 4.69) is 5.32 Å². The highest BCUT2D eigenvalue weighted by atomic mass is 16.3. The predicted molar refractivity (Wildman–Crippen MR) is 72.0 cm³/mol. The van der Waals surface area contributed by atoms with Crippen molar-refractivity contribution in [3.05, 3.63) is 59.2 Å². The van der Waals surface area contributed by atoms with Crippen LogP contribution in [0.2, 0.25) is 0 Å². The van der Waals surface area contributed by atoms with Crippen LogP contribution in [0.1, 0.15) is 21.5 Å². The number of nitrogens with one attached hydrogen (secondary N) is 1. The van der Waals surface area contributed by atoms with E-state index in [9.17, 15) is 4.79 Å². The Balaban J connectivity index is 2.16. The van der Waals surface area contributed by atoms with Gasteiger partial charge < -0.3 is 10.4 Å². The molecule has 2 aromatic carbocycles. The number of carbonyl (C=O) groups is 1. The molecule has 0 bridgehead atoms. The van der Waals surface area contributed by atoms with Crippen LogP contribution in [0.15, 0.2) is 42.5 Å². The van der Waals surface area contributed by atoms with Crippen molar-refractivity contribution in [2.24, 2.45) is 0 Å². The highest BCUT2D eigenvalue weighted by molar-refractivity contribution is 6.04. The second kappa shape index (κ2) is 4.92. The zero-order valence-electron chi connectivity index (χ0n) is 10.4. The summed E-state index contributed by atoms with van der Waals surface area (Å²) >= 11 is 0. The van der Waals surface area contributed by atoms with Gasteiger partial charge in [0.25, 0.3) is 5.91 Å². The molecular weight excluding hydrogens is 226 g/mol. The molecule has 0 unspecified atom stereocenters. The number of hydrogen-bond acceptors (Lipinski definition) is 2. The van der Waals surface area contributed by atoms with E-state index >= 15 is 0 Å². The van der Waals surface area contributed by atoms with Crippen LogP contribution in [-0.4, -0.2) is 11.0 Å². The number of phenols is 1. The van der Waals surface area contributed by atoms with Gasteiger partial charge in [0.05, 0.1) is 0 Å². The van der Waals surface area contributed by atoms with Crippen molar-refractivity contribution in [3.8, 4) is 5.75 Å². The van der Waals surface area contributed by atoms with Crippen molar-refractivity contribution >= 4 is 11.6 Å². The molecule has 1 amide bonds. The Hall–Kier alpha value is -2.29. The lowest BCUT2D eigenvalue weighted by Gasteiger charge is -2.07. The van der Waals surface area contributed by atoms with Crippen LogP contribution >= 0.6 is 0 Å². The van der Waals surface area contributed by atoms with E-state index in [4.69, 9.17) is 5.11 Å². The molecule has 0 heterocycles. The van der Waals surface area contributed by atoms with Gasteiger partial charge in [-0.25, -0.2) is 0 Å². The molecule has 0 aliphatic carbocycles. The number of phenolic OH excluding ortho intramolecular Hbond substituents is 1. The Bertz CT molecular complexity index is 574. The van der Waals surface area contributed by atoms with Crippen LogP contribution in [0, 0.1) is 13.8 Å². The van der Waals surface area contributed by atoms with Gasteiger partial charge in [-0.1, -0.05) is 6.07 Å². The fraction of sp³-hybridized carbons (Fsp3) is 0.133. The Morgan fingerprint density at radius 1 is 1.00 bits per heavy atom. The summed E-state index contributed by atoms with van der Waals surface area (Å²) in [5, 5.41) is 11.9. The Morgan fingerprint density at radius 3 is 2.28 bits per heavy atom. The Morgan fingerprint density at radius 2 is 1.67 bits per heavy atom. The molecule has 0 aromatic heterocycles. The van der Waals surface area contributed by atoms with Crippen molar-refractivity contribution in [1.29, 1.82) is 0 Å². The minimum Gasteiger partial charge on any atom is -0.508 e. The highest BCUT2D eigenvalue weighted by Crippen LogP contribution is 2.16. The number of aryl methyl sites for hydroxylation is 2. The zero-order valence-corrected chi connectivity index (χ0v) is 10.4. The first-order chi connectivity index (χ1) is 8.56. The number of amides is 1. The summed E-state index contributed by atoms with van der Waals surface area (Å²) in [4.78, 5) is 12.0. The minimum absolute atomic E-state index is 0.149. The van der Waals surface area contributed by atoms with Gasteiger partial charge in [0.1, 0.15) is 5.75 Å². The monoisotopic (exact) mass is 241 g/mol. The van der Waals surface area contributed by atoms with Crippen LogP contribution in [0.5, 0.6) is 5.75 Å². The first kappa shape index (κ1) is 12.2. The summed E-state index contributed by atoms with van der Waals surface area (Å²) in [5.41, 5.74) is 3.55. The highest BCUT2D eigenvalue weighted by Gasteiger charge is 2.06. The van der Waals surface area contributed by atoms with E-state index in [0.29, 0.717) is 11.3 Å². The number of anilines is 1. The molecule has 0 atom stereocenters. The standard InChI is InChI=1S/C15H15NO2/c1-10-3-4-12(9-11(10)2)15(18)16-13-5-7-14(17)8-6-13/h3-9,17H,1-2H3,(H,16,18). The first-order valence-corrected chi connectivity index (χ1v) is 5.74. The Labute approximate surface area is 106 Å². The average Bonchev–Trinajstić information content (AvgIpc) is 2.35. The molecule has 2 N–H and O–H groups in total. The third kappa shape index (κ3) is 2.69. The number of hydrogen-bond donors (Lipinski definition) is 2. The molecule has 2 rings (SSSR count). The van der Waals surface area contributed by atoms with Gasteiger partial charge in [0.15, 0.2) is 0 Å². The van der Waals surface area contributed by atoms with Crippen LogP contribution in [-0.2, 0) is 0 Å². The van der Waals surface area contributed by atoms with Crippen LogP contribution < -0.4 is 5.32 Å². The SMILES string of the molecule is Cc1ccc(C(=O)Nc2ccc(O)cc2)cc1C. The first-order valence-electron chi connectivity index (χ1n) is 5.74. The van der Waals surface area contributed by atoms with Gasteiger partial charge in [-0.05, 0) is 61.4 Å². The normalized spacial score (nSPS) is 10.1. The molecule has 0 saturated heterocycles. The molecule has 92 valence electrons. The molecule has 0 saturated carbocycles. The van der Waals surface area contributed by atoms with Crippen LogP contribution in [0.3, 0.4) is 0 Å². The number of benzene rings is 2. The van der Waals surface area contributed by atoms with Crippen molar-refractivity contribution in [3.63, 3.8) is 0 Å². The van der Waals surface area contributed by atoms with Gasteiger partial charge in [0, 0.05) is 11.3 Å². The third-order valence-corrected chi connectivity index (χ3v) is 2.89. The van der Waals surface area contributed by atoms with E-state index in [-0.39, 0.29) is 11.7 Å². The van der Waals surface area contributed by atoms with E-state index < -0.39 is 0 Å². The Kier molecular flexibility index (Phi) is 3.33. The smallest absolute Gasteiger partial charge is 0.255 e. The summed E-state index contributed by atoms with van der Waals surface area (Å²) in [7, 11) is 0. The van der Waals surface area contributed by atoms with Crippen molar-refractivity contribution in [1.82, 2.24) is 0 Å². The van der Waals surface area contributed by atoms with Gasteiger partial charge in [-0.2, -0.15) is 0 Å². The van der Waals surface area contributed by atoms with Gasteiger partial charge in [-0.3, -0.25) is 4.79 Å². The third-order valence-electron chi connectivity index (χ3n) is 2.89. The van der Waals surface area contributed by atoms with E-state index in [1.807, 2.05) is 26.0 Å². The van der Waals surface area contributed by atoms with Crippen LogP contribution in [0.25, 0.3) is 0 Å². The summed E-state index contributed by atoms with van der Waals surface area (Å²) < 4.78 is 0. The zero-order chi connectivity index (χ0) is 13.1. The number of rotatable bonds is 2. The molecule has 18 heavy (non-hydrogen) atoms. The fourth-order valence-electron chi connectivity index (χ4n) is 1.63. The molecular formula is C15H15NO2. The van der Waals surface area contributed by atoms with Crippen molar-refractivity contribution < 1.29 is 9.90 Å². The van der Waals surface area contributed by atoms with Gasteiger partial charge >= 0.3 is 0 Å². The maximum Gasteiger partial charge on any atom is 0.255 e. The molecule has 0 aliphatic rings. The summed E-state index contributed by atoms with van der Waals surface area (Å²) in [5.74, 6) is 0.0305. The maximum atomic E-state index is 12.0. The van der Waals surface area contributed by atoms with Crippen LogP contribution in [0.4, 0.5) is 5.69 Å². The largest absolute Gasteiger partial charge is 0.508 e. The topological polar surface area (TPSA) is 49.3 Å². The van der Waals surface area contributed by atoms with Gasteiger partial charge in [-0.15, -0.1) is 0 Å². The molecule has 0 fully saturated rings. The van der Waals surface area contributed by atoms with Crippen molar-refractivity contribution in [2.45, 2.75) is 13.8 Å². The van der Waals surface area contributed by atoms with E-state index in [1.165, 1.54) is 12.1 Å². The second-order valence-electron chi connectivity index (χ2n) is 4.30. The fourth-order valence-corrected chi connectivity index (χ4v) is 1.63. The number of aromatic hydroxyl groups is 1. The molecule has 0 spiro atoms. The molecule has 0 aliphatic heterocycles. The second-order valence-corrected chi connectivity index (χ2v) is 4.30. The summed E-state index contributed by atoms with van der Waals surface area (Å²) in [6.45, 7) is 3.99. The average molecular weight is 241 g/mol. The molecule has 0 radical (unpaired) electrons. The predicted octanol–water partition coefficient (Wildman–Crippen LogP) is 3.26. The number of carbonyl (C=O) groups excluding carboxylic acids is 1. The van der Waals surface area contributed by atoms with E-state index in [0.717, 1.165) is 11.1 Å². The molecule has 3 heteroatoms. The van der Waals surface area contributed by atoms with E-state index in [1.54, 1.807) is 18.2 Å². The van der Waals surface area contributed by atoms with Crippen molar-refractivity contribution in [2.75, 3.05) is 5.32 Å². The lowest BCUT2D eigenvalue weighted by atomic mass is 10.1.